The van der Waals surface area contributed by atoms with Gasteiger partial charge in [0.25, 0.3) is 0 Å². The molecule has 0 aliphatic carbocycles. The van der Waals surface area contributed by atoms with Crippen molar-refractivity contribution in [3.63, 3.8) is 0 Å². The second-order valence-corrected chi connectivity index (χ2v) is 3.30. The molecule has 0 saturated carbocycles. The number of morpholine rings is 1. The van der Waals surface area contributed by atoms with E-state index in [2.05, 4.69) is 0 Å². The summed E-state index contributed by atoms with van der Waals surface area (Å²) in [6.07, 6.45) is -0.634. The van der Waals surface area contributed by atoms with E-state index in [1.54, 1.807) is 0 Å². The molecular formula is C9H12N2O5. The molecule has 2 N–H and O–H groups in total. The number of hydrogen-bond donors (Lipinski definition) is 2. The van der Waals surface area contributed by atoms with Crippen LogP contribution in [0.2, 0.25) is 0 Å². The maximum Gasteiger partial charge on any atom is 0.434 e. The number of amides is 1. The fraction of sp³-hybridized carbons (Fsp3) is 0.444. The van der Waals surface area contributed by atoms with E-state index >= 15 is 0 Å². The highest BCUT2D eigenvalue weighted by molar-refractivity contribution is 5.68. The molecule has 7 nitrogen and oxygen atoms in total. The summed E-state index contributed by atoms with van der Waals surface area (Å²) in [5.41, 5.74) is 0. The van der Waals surface area contributed by atoms with Gasteiger partial charge in [-0.1, -0.05) is 0 Å². The largest absolute Gasteiger partial charge is 0.492 e. The van der Waals surface area contributed by atoms with Gasteiger partial charge in [-0.2, -0.15) is 0 Å². The summed E-state index contributed by atoms with van der Waals surface area (Å²) < 4.78 is 5.74. The Labute approximate surface area is 91.4 Å². The van der Waals surface area contributed by atoms with Crippen LogP contribution in [0.1, 0.15) is 0 Å². The topological polar surface area (TPSA) is 84.2 Å². The molecule has 1 fully saturated rings. The second kappa shape index (κ2) is 4.31. The van der Waals surface area contributed by atoms with Crippen LogP contribution in [-0.2, 0) is 4.74 Å². The van der Waals surface area contributed by atoms with Crippen LogP contribution in [0.15, 0.2) is 12.1 Å². The van der Waals surface area contributed by atoms with E-state index in [0.29, 0.717) is 31.0 Å². The maximum atomic E-state index is 11.6. The lowest BCUT2D eigenvalue weighted by Crippen LogP contribution is -2.44. The number of rotatable bonds is 1. The number of nitrogens with zero attached hydrogens (tertiary/aromatic N) is 2. The molecular weight excluding hydrogens is 216 g/mol. The summed E-state index contributed by atoms with van der Waals surface area (Å²) in [5, 5.41) is 18.5. The average molecular weight is 228 g/mol. The lowest BCUT2D eigenvalue weighted by Gasteiger charge is -2.25. The first kappa shape index (κ1) is 10.6. The van der Waals surface area contributed by atoms with Gasteiger partial charge in [-0.05, 0) is 0 Å². The smallest absolute Gasteiger partial charge is 0.434 e. The molecule has 1 saturated heterocycles. The quantitative estimate of drug-likeness (QED) is 0.694. The molecule has 1 amide bonds. The van der Waals surface area contributed by atoms with Crippen LogP contribution in [-0.4, -0.2) is 52.2 Å². The van der Waals surface area contributed by atoms with E-state index in [0.717, 1.165) is 0 Å². The van der Waals surface area contributed by atoms with Crippen LogP contribution in [0.5, 0.6) is 11.8 Å². The Balaban J connectivity index is 2.01. The predicted octanol–water partition coefficient (Wildman–Crippen LogP) is -0.220. The summed E-state index contributed by atoms with van der Waals surface area (Å²) in [6.45, 7) is 1.78. The van der Waals surface area contributed by atoms with Gasteiger partial charge < -0.3 is 24.7 Å². The van der Waals surface area contributed by atoms with Crippen molar-refractivity contribution < 1.29 is 24.6 Å². The van der Waals surface area contributed by atoms with E-state index in [1.165, 1.54) is 17.0 Å². The van der Waals surface area contributed by atoms with E-state index in [9.17, 15) is 15.0 Å². The van der Waals surface area contributed by atoms with E-state index < -0.39 is 6.09 Å². The molecule has 2 heterocycles. The third-order valence-electron chi connectivity index (χ3n) is 2.24. The standard InChI is InChI=1S/C9H12N2O5/c12-7-1-2-8(13)11(7)16-9(14)10-3-5-15-6-4-10/h1-2,12-13H,3-6H2. The Hall–Kier alpha value is -1.89. The van der Waals surface area contributed by atoms with Gasteiger partial charge in [0.2, 0.25) is 11.8 Å². The summed E-state index contributed by atoms with van der Waals surface area (Å²) in [7, 11) is 0. The van der Waals surface area contributed by atoms with Gasteiger partial charge in [0, 0.05) is 25.2 Å². The van der Waals surface area contributed by atoms with Crippen LogP contribution < -0.4 is 4.84 Å². The zero-order chi connectivity index (χ0) is 11.5. The first-order chi connectivity index (χ1) is 7.68. The van der Waals surface area contributed by atoms with Crippen molar-refractivity contribution in [2.75, 3.05) is 26.3 Å². The van der Waals surface area contributed by atoms with Crippen LogP contribution in [0.3, 0.4) is 0 Å². The minimum atomic E-state index is -0.634. The zero-order valence-corrected chi connectivity index (χ0v) is 8.50. The fourth-order valence-electron chi connectivity index (χ4n) is 1.38. The third-order valence-corrected chi connectivity index (χ3v) is 2.24. The van der Waals surface area contributed by atoms with Crippen molar-refractivity contribution >= 4 is 6.09 Å². The molecule has 0 radical (unpaired) electrons. The molecule has 2 rings (SSSR count). The monoisotopic (exact) mass is 228 g/mol. The summed E-state index contributed by atoms with van der Waals surface area (Å²) in [4.78, 5) is 17.8. The number of hydrogen-bond acceptors (Lipinski definition) is 5. The molecule has 0 aromatic carbocycles. The van der Waals surface area contributed by atoms with Gasteiger partial charge in [-0.25, -0.2) is 4.79 Å². The molecule has 0 spiro atoms. The highest BCUT2D eigenvalue weighted by Crippen LogP contribution is 2.19. The Morgan fingerprint density at radius 2 is 1.81 bits per heavy atom. The number of carbonyl (C=O) groups excluding carboxylic acids is 1. The van der Waals surface area contributed by atoms with Gasteiger partial charge in [0.05, 0.1) is 13.2 Å². The van der Waals surface area contributed by atoms with E-state index in [-0.39, 0.29) is 11.8 Å². The molecule has 7 heteroatoms. The summed E-state index contributed by atoms with van der Waals surface area (Å²) in [6, 6.07) is 2.45. The number of carbonyl (C=O) groups is 1. The number of aromatic hydroxyl groups is 2. The van der Waals surface area contributed by atoms with Crippen molar-refractivity contribution in [2.24, 2.45) is 0 Å². The normalized spacial score (nSPS) is 16.1. The second-order valence-electron chi connectivity index (χ2n) is 3.30. The third kappa shape index (κ3) is 2.03. The first-order valence-corrected chi connectivity index (χ1v) is 4.83. The average Bonchev–Trinajstić information content (AvgIpc) is 2.62. The summed E-state index contributed by atoms with van der Waals surface area (Å²) >= 11 is 0. The molecule has 88 valence electrons. The molecule has 1 aromatic rings. The predicted molar refractivity (Wildman–Crippen MR) is 52.1 cm³/mol. The SMILES string of the molecule is O=C(On1c(O)ccc1O)N1CCOCC1. The highest BCUT2D eigenvalue weighted by Gasteiger charge is 2.21. The molecule has 0 atom stereocenters. The van der Waals surface area contributed by atoms with Gasteiger partial charge in [0.15, 0.2) is 0 Å². The van der Waals surface area contributed by atoms with E-state index in [1.807, 2.05) is 0 Å². The van der Waals surface area contributed by atoms with Crippen molar-refractivity contribution in [3.05, 3.63) is 12.1 Å². The Bertz CT molecular complexity index is 364. The van der Waals surface area contributed by atoms with Crippen LogP contribution in [0.25, 0.3) is 0 Å². The minimum absolute atomic E-state index is 0.334. The molecule has 1 aliphatic heterocycles. The zero-order valence-electron chi connectivity index (χ0n) is 8.50. The van der Waals surface area contributed by atoms with Crippen LogP contribution in [0.4, 0.5) is 4.79 Å². The number of aromatic nitrogens is 1. The van der Waals surface area contributed by atoms with Crippen molar-refractivity contribution in [1.29, 1.82) is 0 Å². The highest BCUT2D eigenvalue weighted by atomic mass is 16.7. The lowest BCUT2D eigenvalue weighted by molar-refractivity contribution is 0.0193. The molecule has 0 unspecified atom stereocenters. The van der Waals surface area contributed by atoms with Crippen LogP contribution in [0, 0.1) is 0 Å². The number of ether oxygens (including phenoxy) is 1. The molecule has 0 bridgehead atoms. The molecule has 1 aromatic heterocycles. The van der Waals surface area contributed by atoms with Gasteiger partial charge >= 0.3 is 6.09 Å². The van der Waals surface area contributed by atoms with Gasteiger partial charge in [-0.3, -0.25) is 0 Å². The van der Waals surface area contributed by atoms with Crippen molar-refractivity contribution in [3.8, 4) is 11.8 Å². The molecule has 1 aliphatic rings. The van der Waals surface area contributed by atoms with Gasteiger partial charge in [0.1, 0.15) is 0 Å². The fourth-order valence-corrected chi connectivity index (χ4v) is 1.38. The first-order valence-electron chi connectivity index (χ1n) is 4.83. The Kier molecular flexibility index (Phi) is 2.86. The Morgan fingerprint density at radius 1 is 1.25 bits per heavy atom. The van der Waals surface area contributed by atoms with Crippen molar-refractivity contribution in [1.82, 2.24) is 9.63 Å². The lowest BCUT2D eigenvalue weighted by atomic mass is 10.5. The Morgan fingerprint density at radius 3 is 2.38 bits per heavy atom. The minimum Gasteiger partial charge on any atom is -0.492 e. The van der Waals surface area contributed by atoms with Crippen molar-refractivity contribution in [2.45, 2.75) is 0 Å². The van der Waals surface area contributed by atoms with E-state index in [4.69, 9.17) is 9.57 Å². The molecule has 16 heavy (non-hydrogen) atoms. The summed E-state index contributed by atoms with van der Waals surface area (Å²) in [5.74, 6) is -0.668. The maximum absolute atomic E-state index is 11.6. The van der Waals surface area contributed by atoms with Crippen LogP contribution >= 0.6 is 0 Å². The van der Waals surface area contributed by atoms with Gasteiger partial charge in [-0.15, -0.1) is 4.73 Å².